The summed E-state index contributed by atoms with van der Waals surface area (Å²) in [6, 6.07) is 9.50. The molecule has 0 aromatic heterocycles. The molecule has 0 aliphatic carbocycles. The maximum absolute atomic E-state index is 14.4. The first-order valence-electron chi connectivity index (χ1n) is 12.9. The van der Waals surface area contributed by atoms with E-state index < -0.39 is 17.8 Å². The van der Waals surface area contributed by atoms with Crippen LogP contribution >= 0.6 is 0 Å². The SMILES string of the molecule is CCCCCCCCCC(=O)Oc1ccc(C(=O)Oc2ccc(C(=O)OC(CC)CC)c(F)c2)cc1. The van der Waals surface area contributed by atoms with Crippen molar-refractivity contribution in [2.45, 2.75) is 91.1 Å². The maximum atomic E-state index is 14.4. The quantitative estimate of drug-likeness (QED) is 0.144. The van der Waals surface area contributed by atoms with E-state index in [-0.39, 0.29) is 28.9 Å². The lowest BCUT2D eigenvalue weighted by molar-refractivity contribution is -0.134. The van der Waals surface area contributed by atoms with E-state index in [1.807, 2.05) is 13.8 Å². The second-order valence-electron chi connectivity index (χ2n) is 8.74. The fourth-order valence-corrected chi connectivity index (χ4v) is 3.63. The van der Waals surface area contributed by atoms with Crippen LogP contribution in [0.25, 0.3) is 0 Å². The molecule has 0 spiro atoms. The Morgan fingerprint density at radius 1 is 0.750 bits per heavy atom. The molecule has 0 atom stereocenters. The van der Waals surface area contributed by atoms with E-state index in [4.69, 9.17) is 14.2 Å². The highest BCUT2D eigenvalue weighted by Crippen LogP contribution is 2.21. The van der Waals surface area contributed by atoms with Gasteiger partial charge in [0, 0.05) is 12.5 Å². The summed E-state index contributed by atoms with van der Waals surface area (Å²) in [5, 5.41) is 0. The average Bonchev–Trinajstić information content (AvgIpc) is 2.87. The summed E-state index contributed by atoms with van der Waals surface area (Å²) in [7, 11) is 0. The summed E-state index contributed by atoms with van der Waals surface area (Å²) in [6.07, 6.45) is 9.17. The number of benzene rings is 2. The molecule has 196 valence electrons. The summed E-state index contributed by atoms with van der Waals surface area (Å²) in [5.74, 6) is -2.30. The minimum Gasteiger partial charge on any atom is -0.459 e. The fourth-order valence-electron chi connectivity index (χ4n) is 3.63. The molecule has 0 N–H and O–H groups in total. The van der Waals surface area contributed by atoms with Gasteiger partial charge in [-0.3, -0.25) is 4.79 Å². The predicted molar refractivity (Wildman–Crippen MR) is 136 cm³/mol. The third-order valence-electron chi connectivity index (χ3n) is 5.86. The third-order valence-corrected chi connectivity index (χ3v) is 5.86. The van der Waals surface area contributed by atoms with Crippen LogP contribution in [-0.4, -0.2) is 24.0 Å². The van der Waals surface area contributed by atoms with E-state index in [1.165, 1.54) is 62.1 Å². The number of halogens is 1. The van der Waals surface area contributed by atoms with Gasteiger partial charge in [0.2, 0.25) is 0 Å². The Morgan fingerprint density at radius 3 is 1.97 bits per heavy atom. The summed E-state index contributed by atoms with van der Waals surface area (Å²) >= 11 is 0. The van der Waals surface area contributed by atoms with Crippen LogP contribution in [-0.2, 0) is 9.53 Å². The van der Waals surface area contributed by atoms with E-state index in [2.05, 4.69) is 6.92 Å². The Kier molecular flexibility index (Phi) is 12.7. The first-order valence-corrected chi connectivity index (χ1v) is 12.9. The fraction of sp³-hybridized carbons (Fsp3) is 0.483. The van der Waals surface area contributed by atoms with Gasteiger partial charge in [-0.2, -0.15) is 0 Å². The molecule has 0 fully saturated rings. The van der Waals surface area contributed by atoms with E-state index in [9.17, 15) is 18.8 Å². The molecule has 2 aromatic rings. The zero-order valence-electron chi connectivity index (χ0n) is 21.5. The molecule has 0 aliphatic rings. The van der Waals surface area contributed by atoms with Gasteiger partial charge in [-0.15, -0.1) is 0 Å². The summed E-state index contributed by atoms with van der Waals surface area (Å²) in [5.41, 5.74) is -0.0103. The minimum atomic E-state index is -0.834. The van der Waals surface area contributed by atoms with Crippen molar-refractivity contribution in [2.75, 3.05) is 0 Å². The van der Waals surface area contributed by atoms with Gasteiger partial charge in [-0.1, -0.05) is 59.3 Å². The molecule has 36 heavy (non-hydrogen) atoms. The van der Waals surface area contributed by atoms with Crippen molar-refractivity contribution in [2.24, 2.45) is 0 Å². The van der Waals surface area contributed by atoms with Crippen molar-refractivity contribution < 1.29 is 33.0 Å². The van der Waals surface area contributed by atoms with Crippen LogP contribution in [0.5, 0.6) is 11.5 Å². The standard InChI is InChI=1S/C29H37FO6/c1-4-7-8-9-10-11-12-13-27(31)34-23-16-14-21(15-17-23)28(32)36-24-18-19-25(26(30)20-24)29(33)35-22(5-2)6-3/h14-20,22H,4-13H2,1-3H3. The second-order valence-corrected chi connectivity index (χ2v) is 8.74. The maximum Gasteiger partial charge on any atom is 0.343 e. The number of rotatable bonds is 15. The summed E-state index contributed by atoms with van der Waals surface area (Å²) in [4.78, 5) is 36.6. The van der Waals surface area contributed by atoms with Crippen LogP contribution in [0.2, 0.25) is 0 Å². The molecule has 0 saturated carbocycles. The van der Waals surface area contributed by atoms with Crippen LogP contribution in [0.4, 0.5) is 4.39 Å². The molecular weight excluding hydrogens is 463 g/mol. The summed E-state index contributed by atoms with van der Waals surface area (Å²) in [6.45, 7) is 5.95. The molecule has 0 heterocycles. The van der Waals surface area contributed by atoms with Crippen LogP contribution in [0, 0.1) is 5.82 Å². The molecule has 0 bridgehead atoms. The topological polar surface area (TPSA) is 78.9 Å². The Morgan fingerprint density at radius 2 is 1.36 bits per heavy atom. The molecule has 0 radical (unpaired) electrons. The molecule has 6 nitrogen and oxygen atoms in total. The number of carbonyl (C=O) groups is 3. The Bertz CT molecular complexity index is 982. The van der Waals surface area contributed by atoms with E-state index >= 15 is 0 Å². The van der Waals surface area contributed by atoms with Crippen LogP contribution in [0.1, 0.15) is 106 Å². The monoisotopic (exact) mass is 500 g/mol. The molecule has 2 rings (SSSR count). The molecular formula is C29H37FO6. The highest BCUT2D eigenvalue weighted by Gasteiger charge is 2.19. The highest BCUT2D eigenvalue weighted by atomic mass is 19.1. The molecule has 0 unspecified atom stereocenters. The largest absolute Gasteiger partial charge is 0.459 e. The molecule has 7 heteroatoms. The van der Waals surface area contributed by atoms with Gasteiger partial charge in [0.1, 0.15) is 23.4 Å². The number of carbonyl (C=O) groups excluding carboxylic acids is 3. The lowest BCUT2D eigenvalue weighted by Crippen LogP contribution is -2.17. The zero-order chi connectivity index (χ0) is 26.3. The molecule has 0 amide bonds. The lowest BCUT2D eigenvalue weighted by atomic mass is 10.1. The van der Waals surface area contributed by atoms with Crippen molar-refractivity contribution in [3.63, 3.8) is 0 Å². The van der Waals surface area contributed by atoms with Gasteiger partial charge in [0.05, 0.1) is 11.1 Å². The number of ether oxygens (including phenoxy) is 3. The van der Waals surface area contributed by atoms with Crippen molar-refractivity contribution in [3.05, 3.63) is 59.4 Å². The Hall–Kier alpha value is -3.22. The van der Waals surface area contributed by atoms with Crippen molar-refractivity contribution >= 4 is 17.9 Å². The average molecular weight is 501 g/mol. The van der Waals surface area contributed by atoms with Gasteiger partial charge >= 0.3 is 17.9 Å². The van der Waals surface area contributed by atoms with Crippen LogP contribution < -0.4 is 9.47 Å². The highest BCUT2D eigenvalue weighted by molar-refractivity contribution is 5.92. The van der Waals surface area contributed by atoms with Gasteiger partial charge in [-0.25, -0.2) is 14.0 Å². The van der Waals surface area contributed by atoms with Crippen LogP contribution in [0.15, 0.2) is 42.5 Å². The van der Waals surface area contributed by atoms with E-state index in [1.54, 1.807) is 0 Å². The predicted octanol–water partition coefficient (Wildman–Crippen LogP) is 7.44. The van der Waals surface area contributed by atoms with Crippen molar-refractivity contribution in [1.82, 2.24) is 0 Å². The van der Waals surface area contributed by atoms with Gasteiger partial charge in [0.15, 0.2) is 0 Å². The van der Waals surface area contributed by atoms with Crippen LogP contribution in [0.3, 0.4) is 0 Å². The third kappa shape index (κ3) is 9.80. The molecule has 0 aliphatic heterocycles. The normalized spacial score (nSPS) is 10.8. The van der Waals surface area contributed by atoms with Gasteiger partial charge in [-0.05, 0) is 55.7 Å². The number of hydrogen-bond acceptors (Lipinski definition) is 6. The van der Waals surface area contributed by atoms with E-state index in [0.717, 1.165) is 25.3 Å². The Balaban J connectivity index is 1.83. The summed E-state index contributed by atoms with van der Waals surface area (Å²) < 4.78 is 30.2. The molecule has 0 saturated heterocycles. The van der Waals surface area contributed by atoms with Gasteiger partial charge in [0.25, 0.3) is 0 Å². The first-order chi connectivity index (χ1) is 17.4. The Labute approximate surface area is 213 Å². The van der Waals surface area contributed by atoms with Crippen molar-refractivity contribution in [3.8, 4) is 11.5 Å². The number of unbranched alkanes of at least 4 members (excludes halogenated alkanes) is 6. The number of hydrogen-bond donors (Lipinski definition) is 0. The van der Waals surface area contributed by atoms with Gasteiger partial charge < -0.3 is 14.2 Å². The lowest BCUT2D eigenvalue weighted by Gasteiger charge is -2.14. The second kappa shape index (κ2) is 15.7. The smallest absolute Gasteiger partial charge is 0.343 e. The number of esters is 3. The van der Waals surface area contributed by atoms with E-state index in [0.29, 0.717) is 25.0 Å². The van der Waals surface area contributed by atoms with Crippen molar-refractivity contribution in [1.29, 1.82) is 0 Å². The molecule has 2 aromatic carbocycles. The zero-order valence-corrected chi connectivity index (χ0v) is 21.5. The minimum absolute atomic E-state index is 0.0400. The first kappa shape index (κ1) is 29.0.